The minimum Gasteiger partial charge on any atom is -0.496 e. The molecule has 17 heavy (non-hydrogen) atoms. The molecule has 0 fully saturated rings. The molecule has 0 saturated heterocycles. The number of benzene rings is 1. The Bertz CT molecular complexity index is 523. The zero-order chi connectivity index (χ0) is 12.3. The highest BCUT2D eigenvalue weighted by Gasteiger charge is 2.14. The number of ether oxygens (including phenoxy) is 1. The van der Waals surface area contributed by atoms with Crippen molar-refractivity contribution in [1.29, 1.82) is 0 Å². The molecule has 7 nitrogen and oxygen atoms in total. The fraction of sp³-hybridized carbons (Fsp3) is 0.200. The molecule has 0 bridgehead atoms. The largest absolute Gasteiger partial charge is 0.496 e. The average molecular weight is 233 g/mol. The van der Waals surface area contributed by atoms with E-state index in [-0.39, 0.29) is 11.9 Å². The van der Waals surface area contributed by atoms with Crippen LogP contribution in [0.5, 0.6) is 5.75 Å². The van der Waals surface area contributed by atoms with Crippen molar-refractivity contribution < 1.29 is 9.53 Å². The van der Waals surface area contributed by atoms with Crippen LogP contribution in [0.1, 0.15) is 15.9 Å². The van der Waals surface area contributed by atoms with Gasteiger partial charge in [0, 0.05) is 0 Å². The molecule has 0 spiro atoms. The summed E-state index contributed by atoms with van der Waals surface area (Å²) in [6.07, 6.45) is 0. The number of carbonyl (C=O) groups is 1. The van der Waals surface area contributed by atoms with Gasteiger partial charge in [-0.2, -0.15) is 5.21 Å². The number of aryl methyl sites for hydroxylation is 1. The maximum atomic E-state index is 11.9. The highest BCUT2D eigenvalue weighted by molar-refractivity contribution is 6.05. The Kier molecular flexibility index (Phi) is 2.99. The number of methoxy groups -OCH3 is 1. The minimum atomic E-state index is -0.341. The summed E-state index contributed by atoms with van der Waals surface area (Å²) in [5.74, 6) is 0.280. The van der Waals surface area contributed by atoms with Gasteiger partial charge in [-0.25, -0.2) is 0 Å². The van der Waals surface area contributed by atoms with E-state index < -0.39 is 0 Å². The number of hydrogen-bond acceptors (Lipinski definition) is 5. The van der Waals surface area contributed by atoms with Crippen molar-refractivity contribution in [3.8, 4) is 5.75 Å². The Morgan fingerprint density at radius 2 is 2.29 bits per heavy atom. The van der Waals surface area contributed by atoms with Crippen molar-refractivity contribution in [1.82, 2.24) is 20.6 Å². The van der Waals surface area contributed by atoms with E-state index in [2.05, 4.69) is 25.9 Å². The summed E-state index contributed by atoms with van der Waals surface area (Å²) in [5.41, 5.74) is 1.39. The molecule has 0 radical (unpaired) electrons. The summed E-state index contributed by atoms with van der Waals surface area (Å²) in [7, 11) is 1.51. The lowest BCUT2D eigenvalue weighted by Crippen LogP contribution is -2.14. The fourth-order valence-corrected chi connectivity index (χ4v) is 1.38. The highest BCUT2D eigenvalue weighted by Crippen LogP contribution is 2.20. The number of H-pyrrole nitrogens is 1. The van der Waals surface area contributed by atoms with E-state index in [0.29, 0.717) is 11.3 Å². The monoisotopic (exact) mass is 233 g/mol. The van der Waals surface area contributed by atoms with Crippen LogP contribution >= 0.6 is 0 Å². The molecule has 1 amide bonds. The standard InChI is InChI=1S/C10H11N5O2/c1-6-3-4-8(17-2)7(5-6)9(16)11-10-12-14-15-13-10/h3-5H,1-2H3,(H2,11,12,13,14,15,16). The maximum Gasteiger partial charge on any atom is 0.270 e. The van der Waals surface area contributed by atoms with E-state index >= 15 is 0 Å². The molecule has 0 atom stereocenters. The number of anilines is 1. The molecule has 88 valence electrons. The zero-order valence-electron chi connectivity index (χ0n) is 9.39. The van der Waals surface area contributed by atoms with Crippen molar-refractivity contribution >= 4 is 11.9 Å². The van der Waals surface area contributed by atoms with Gasteiger partial charge in [0.25, 0.3) is 11.9 Å². The first-order chi connectivity index (χ1) is 8.20. The summed E-state index contributed by atoms with van der Waals surface area (Å²) in [6, 6.07) is 5.33. The summed E-state index contributed by atoms with van der Waals surface area (Å²) < 4.78 is 5.12. The van der Waals surface area contributed by atoms with Crippen LogP contribution in [0.2, 0.25) is 0 Å². The second kappa shape index (κ2) is 4.60. The number of nitrogens with one attached hydrogen (secondary N) is 2. The molecular weight excluding hydrogens is 222 g/mol. The quantitative estimate of drug-likeness (QED) is 0.816. The van der Waals surface area contributed by atoms with Gasteiger partial charge < -0.3 is 4.74 Å². The van der Waals surface area contributed by atoms with Crippen molar-refractivity contribution in [2.45, 2.75) is 6.92 Å². The van der Waals surface area contributed by atoms with Gasteiger partial charge in [-0.3, -0.25) is 10.1 Å². The summed E-state index contributed by atoms with van der Waals surface area (Å²) >= 11 is 0. The first kappa shape index (κ1) is 11.1. The van der Waals surface area contributed by atoms with E-state index in [1.54, 1.807) is 12.1 Å². The first-order valence-corrected chi connectivity index (χ1v) is 4.90. The van der Waals surface area contributed by atoms with Crippen molar-refractivity contribution in [2.75, 3.05) is 12.4 Å². The van der Waals surface area contributed by atoms with Gasteiger partial charge in [0.1, 0.15) is 5.75 Å². The Morgan fingerprint density at radius 3 is 2.94 bits per heavy atom. The van der Waals surface area contributed by atoms with E-state index in [4.69, 9.17) is 4.74 Å². The molecule has 1 heterocycles. The Labute approximate surface area is 97.2 Å². The Balaban J connectivity index is 2.26. The maximum absolute atomic E-state index is 11.9. The highest BCUT2D eigenvalue weighted by atomic mass is 16.5. The number of rotatable bonds is 3. The minimum absolute atomic E-state index is 0.124. The van der Waals surface area contributed by atoms with Gasteiger partial charge in [0.2, 0.25) is 0 Å². The Hall–Kier alpha value is -2.44. The van der Waals surface area contributed by atoms with Crippen LogP contribution < -0.4 is 10.1 Å². The van der Waals surface area contributed by atoms with Crippen molar-refractivity contribution in [3.05, 3.63) is 29.3 Å². The summed E-state index contributed by atoms with van der Waals surface area (Å²) in [4.78, 5) is 11.9. The van der Waals surface area contributed by atoms with Gasteiger partial charge in [-0.05, 0) is 24.3 Å². The Morgan fingerprint density at radius 1 is 1.47 bits per heavy atom. The molecule has 0 aliphatic carbocycles. The number of nitrogens with zero attached hydrogens (tertiary/aromatic N) is 3. The number of amides is 1. The topological polar surface area (TPSA) is 92.8 Å². The molecule has 1 aromatic carbocycles. The second-order valence-electron chi connectivity index (χ2n) is 3.39. The lowest BCUT2D eigenvalue weighted by atomic mass is 10.1. The van der Waals surface area contributed by atoms with Crippen LogP contribution in [-0.2, 0) is 0 Å². The predicted molar refractivity (Wildman–Crippen MR) is 59.9 cm³/mol. The summed E-state index contributed by atoms with van der Waals surface area (Å²) in [5, 5.41) is 15.4. The summed E-state index contributed by atoms with van der Waals surface area (Å²) in [6.45, 7) is 1.89. The van der Waals surface area contributed by atoms with Gasteiger partial charge in [0.15, 0.2) is 0 Å². The zero-order valence-corrected chi connectivity index (χ0v) is 9.39. The molecule has 7 heteroatoms. The van der Waals surface area contributed by atoms with Crippen LogP contribution in [0, 0.1) is 6.92 Å². The predicted octanol–water partition coefficient (Wildman–Crippen LogP) is 0.769. The van der Waals surface area contributed by atoms with E-state index in [1.807, 2.05) is 13.0 Å². The van der Waals surface area contributed by atoms with Gasteiger partial charge >= 0.3 is 0 Å². The molecule has 0 saturated carbocycles. The fourth-order valence-electron chi connectivity index (χ4n) is 1.38. The molecule has 1 aromatic heterocycles. The number of hydrogen-bond donors (Lipinski definition) is 2. The third kappa shape index (κ3) is 2.39. The van der Waals surface area contributed by atoms with Crippen LogP contribution in [0.25, 0.3) is 0 Å². The molecule has 2 aromatic rings. The second-order valence-corrected chi connectivity index (χ2v) is 3.39. The number of carbonyl (C=O) groups excluding carboxylic acids is 1. The van der Waals surface area contributed by atoms with Crippen LogP contribution in [0.4, 0.5) is 5.95 Å². The van der Waals surface area contributed by atoms with E-state index in [9.17, 15) is 4.79 Å². The van der Waals surface area contributed by atoms with E-state index in [1.165, 1.54) is 7.11 Å². The molecule has 0 unspecified atom stereocenters. The molecule has 0 aliphatic rings. The molecule has 2 rings (SSSR count). The average Bonchev–Trinajstić information content (AvgIpc) is 2.81. The lowest BCUT2D eigenvalue weighted by Gasteiger charge is -2.08. The molecule has 2 N–H and O–H groups in total. The van der Waals surface area contributed by atoms with Crippen LogP contribution in [-0.4, -0.2) is 33.6 Å². The smallest absolute Gasteiger partial charge is 0.270 e. The molecular formula is C10H11N5O2. The van der Waals surface area contributed by atoms with Gasteiger partial charge in [0.05, 0.1) is 12.7 Å². The van der Waals surface area contributed by atoms with Gasteiger partial charge in [-0.15, -0.1) is 5.10 Å². The van der Waals surface area contributed by atoms with E-state index in [0.717, 1.165) is 5.56 Å². The normalized spacial score (nSPS) is 10.0. The number of aromatic nitrogens is 4. The van der Waals surface area contributed by atoms with Crippen LogP contribution in [0.15, 0.2) is 18.2 Å². The number of tetrazole rings is 1. The third-order valence-corrected chi connectivity index (χ3v) is 2.17. The van der Waals surface area contributed by atoms with Crippen LogP contribution in [0.3, 0.4) is 0 Å². The number of aromatic amines is 1. The van der Waals surface area contributed by atoms with Crippen molar-refractivity contribution in [3.63, 3.8) is 0 Å². The SMILES string of the molecule is COc1ccc(C)cc1C(=O)Nc1nn[nH]n1. The lowest BCUT2D eigenvalue weighted by molar-refractivity contribution is 0.102. The van der Waals surface area contributed by atoms with Crippen molar-refractivity contribution in [2.24, 2.45) is 0 Å². The third-order valence-electron chi connectivity index (χ3n) is 2.17. The first-order valence-electron chi connectivity index (χ1n) is 4.90. The van der Waals surface area contributed by atoms with Gasteiger partial charge in [-0.1, -0.05) is 16.7 Å². The molecule has 0 aliphatic heterocycles.